The number of nitriles is 1. The van der Waals surface area contributed by atoms with Crippen LogP contribution in [-0.4, -0.2) is 39.1 Å². The third-order valence-corrected chi connectivity index (χ3v) is 3.52. The summed E-state index contributed by atoms with van der Waals surface area (Å²) in [6.45, 7) is 3.63. The van der Waals surface area contributed by atoms with Crippen molar-refractivity contribution < 1.29 is 0 Å². The summed E-state index contributed by atoms with van der Waals surface area (Å²) in [6.07, 6.45) is 5.46. The highest BCUT2D eigenvalue weighted by Crippen LogP contribution is 2.33. The maximum atomic E-state index is 8.87. The van der Waals surface area contributed by atoms with E-state index in [1.54, 1.807) is 6.33 Å². The fraction of sp³-hybridized carbons (Fsp3) is 0.571. The Kier molecular flexibility index (Phi) is 3.86. The second kappa shape index (κ2) is 5.95. The largest absolute Gasteiger partial charge is 0.354 e. The molecule has 21 heavy (non-hydrogen) atoms. The first-order chi connectivity index (χ1) is 10.3. The van der Waals surface area contributed by atoms with Crippen LogP contribution in [0.15, 0.2) is 6.33 Å². The van der Waals surface area contributed by atoms with E-state index in [0.717, 1.165) is 37.1 Å². The molecule has 0 aromatic carbocycles. The molecule has 0 aliphatic heterocycles. The van der Waals surface area contributed by atoms with Crippen molar-refractivity contribution in [2.45, 2.75) is 38.6 Å². The van der Waals surface area contributed by atoms with E-state index in [0.29, 0.717) is 30.6 Å². The Morgan fingerprint density at radius 2 is 2.33 bits per heavy atom. The van der Waals surface area contributed by atoms with Gasteiger partial charge in [0, 0.05) is 19.1 Å². The molecule has 2 aromatic rings. The van der Waals surface area contributed by atoms with Crippen LogP contribution in [0.25, 0.3) is 11.2 Å². The van der Waals surface area contributed by atoms with Crippen molar-refractivity contribution in [2.75, 3.05) is 23.3 Å². The van der Waals surface area contributed by atoms with Gasteiger partial charge in [-0.05, 0) is 19.3 Å². The number of aromatic amines is 1. The zero-order chi connectivity index (χ0) is 14.7. The zero-order valence-electron chi connectivity index (χ0n) is 12.1. The van der Waals surface area contributed by atoms with Crippen molar-refractivity contribution in [1.29, 1.82) is 5.26 Å². The van der Waals surface area contributed by atoms with E-state index in [2.05, 4.69) is 43.1 Å². The summed E-state index contributed by atoms with van der Waals surface area (Å²) in [5.74, 6) is 1.46. The highest BCUT2D eigenvalue weighted by Gasteiger charge is 2.31. The van der Waals surface area contributed by atoms with Crippen molar-refractivity contribution in [1.82, 2.24) is 19.9 Å². The molecule has 0 unspecified atom stereocenters. The molecule has 1 saturated carbocycles. The Bertz CT molecular complexity index is 653. The van der Waals surface area contributed by atoms with E-state index in [1.165, 1.54) is 0 Å². The molecule has 1 aliphatic rings. The Morgan fingerprint density at radius 3 is 3.05 bits per heavy atom. The summed E-state index contributed by atoms with van der Waals surface area (Å²) in [7, 11) is 0. The number of hydrogen-bond donors (Lipinski definition) is 2. The van der Waals surface area contributed by atoms with Gasteiger partial charge in [-0.2, -0.15) is 15.2 Å². The molecule has 0 bridgehead atoms. The number of imidazole rings is 1. The van der Waals surface area contributed by atoms with Crippen LogP contribution in [0.1, 0.15) is 32.6 Å². The first-order valence-corrected chi connectivity index (χ1v) is 7.42. The molecule has 110 valence electrons. The maximum Gasteiger partial charge on any atom is 0.226 e. The lowest BCUT2D eigenvalue weighted by Crippen LogP contribution is -2.28. The summed E-state index contributed by atoms with van der Waals surface area (Å²) in [4.78, 5) is 18.7. The van der Waals surface area contributed by atoms with Crippen molar-refractivity contribution in [3.63, 3.8) is 0 Å². The summed E-state index contributed by atoms with van der Waals surface area (Å²) in [5, 5.41) is 12.1. The lowest BCUT2D eigenvalue weighted by atomic mass is 10.3. The van der Waals surface area contributed by atoms with Crippen LogP contribution in [0.4, 0.5) is 11.8 Å². The quantitative estimate of drug-likeness (QED) is 0.808. The molecule has 0 radical (unpaired) electrons. The fourth-order valence-corrected chi connectivity index (χ4v) is 2.36. The highest BCUT2D eigenvalue weighted by molar-refractivity contribution is 5.84. The monoisotopic (exact) mass is 285 g/mol. The van der Waals surface area contributed by atoms with Crippen LogP contribution in [-0.2, 0) is 0 Å². The Labute approximate surface area is 123 Å². The summed E-state index contributed by atoms with van der Waals surface area (Å²) in [5.41, 5.74) is 1.52. The van der Waals surface area contributed by atoms with Crippen molar-refractivity contribution >= 4 is 22.9 Å². The Hall–Kier alpha value is -2.36. The first kappa shape index (κ1) is 13.6. The molecule has 0 spiro atoms. The third kappa shape index (κ3) is 2.89. The lowest BCUT2D eigenvalue weighted by molar-refractivity contribution is 0.779. The summed E-state index contributed by atoms with van der Waals surface area (Å²) < 4.78 is 0. The summed E-state index contributed by atoms with van der Waals surface area (Å²) >= 11 is 0. The molecule has 7 nitrogen and oxygen atoms in total. The van der Waals surface area contributed by atoms with Gasteiger partial charge in [0.1, 0.15) is 5.52 Å². The van der Waals surface area contributed by atoms with E-state index >= 15 is 0 Å². The van der Waals surface area contributed by atoms with Gasteiger partial charge in [0.05, 0.1) is 18.8 Å². The van der Waals surface area contributed by atoms with Crippen LogP contribution >= 0.6 is 0 Å². The molecule has 0 saturated heterocycles. The van der Waals surface area contributed by atoms with Gasteiger partial charge in [-0.1, -0.05) is 6.92 Å². The molecule has 3 rings (SSSR count). The van der Waals surface area contributed by atoms with Gasteiger partial charge >= 0.3 is 0 Å². The lowest BCUT2D eigenvalue weighted by Gasteiger charge is -2.23. The van der Waals surface area contributed by atoms with Crippen molar-refractivity contribution in [3.8, 4) is 6.07 Å². The Morgan fingerprint density at radius 1 is 1.48 bits per heavy atom. The Balaban J connectivity index is 1.97. The average Bonchev–Trinajstić information content (AvgIpc) is 3.22. The maximum absolute atomic E-state index is 8.87. The van der Waals surface area contributed by atoms with Crippen LogP contribution in [0.5, 0.6) is 0 Å². The normalized spacial score (nSPS) is 14.1. The van der Waals surface area contributed by atoms with E-state index in [9.17, 15) is 0 Å². The van der Waals surface area contributed by atoms with Crippen LogP contribution in [0.2, 0.25) is 0 Å². The molecule has 0 amide bonds. The molecule has 2 N–H and O–H groups in total. The SMILES string of the molecule is CCCNc1nc(N(CCC#N)C2CC2)c2[nH]cnc2n1. The third-order valence-electron chi connectivity index (χ3n) is 3.52. The van der Waals surface area contributed by atoms with Crippen LogP contribution in [0, 0.1) is 11.3 Å². The van der Waals surface area contributed by atoms with E-state index in [4.69, 9.17) is 5.26 Å². The number of H-pyrrole nitrogens is 1. The van der Waals surface area contributed by atoms with E-state index in [-0.39, 0.29) is 0 Å². The average molecular weight is 285 g/mol. The number of nitrogens with one attached hydrogen (secondary N) is 2. The molecule has 2 aromatic heterocycles. The van der Waals surface area contributed by atoms with Gasteiger partial charge in [-0.3, -0.25) is 0 Å². The van der Waals surface area contributed by atoms with Gasteiger partial charge in [-0.25, -0.2) is 4.98 Å². The number of hydrogen-bond acceptors (Lipinski definition) is 6. The highest BCUT2D eigenvalue weighted by atomic mass is 15.3. The molecular weight excluding hydrogens is 266 g/mol. The zero-order valence-corrected chi connectivity index (χ0v) is 12.1. The second-order valence-corrected chi connectivity index (χ2v) is 5.23. The number of aromatic nitrogens is 4. The van der Waals surface area contributed by atoms with E-state index < -0.39 is 0 Å². The van der Waals surface area contributed by atoms with Gasteiger partial charge in [0.2, 0.25) is 5.95 Å². The van der Waals surface area contributed by atoms with Gasteiger partial charge < -0.3 is 15.2 Å². The topological polar surface area (TPSA) is 93.5 Å². The standard InChI is InChI=1S/C14H19N7/c1-2-7-16-14-19-12-11(17-9-18-12)13(20-14)21(8-3-6-15)10-4-5-10/h9-10H,2-5,7-8H2,1H3,(H2,16,17,18,19,20). The van der Waals surface area contributed by atoms with Gasteiger partial charge in [-0.15, -0.1) is 0 Å². The number of rotatable bonds is 7. The van der Waals surface area contributed by atoms with E-state index in [1.807, 2.05) is 0 Å². The predicted molar refractivity (Wildman–Crippen MR) is 81.1 cm³/mol. The number of nitrogens with zero attached hydrogens (tertiary/aromatic N) is 5. The summed E-state index contributed by atoms with van der Waals surface area (Å²) in [6, 6.07) is 2.70. The molecule has 7 heteroatoms. The number of anilines is 2. The van der Waals surface area contributed by atoms with Crippen molar-refractivity contribution in [2.24, 2.45) is 0 Å². The minimum absolute atomic E-state index is 0.485. The molecular formula is C14H19N7. The molecule has 0 atom stereocenters. The first-order valence-electron chi connectivity index (χ1n) is 7.42. The van der Waals surface area contributed by atoms with Crippen LogP contribution < -0.4 is 10.2 Å². The van der Waals surface area contributed by atoms with Gasteiger partial charge in [0.15, 0.2) is 11.5 Å². The molecule has 2 heterocycles. The fourth-order valence-electron chi connectivity index (χ4n) is 2.36. The predicted octanol–water partition coefficient (Wildman–Crippen LogP) is 2.06. The minimum atomic E-state index is 0.485. The van der Waals surface area contributed by atoms with Gasteiger partial charge in [0.25, 0.3) is 0 Å². The molecule has 1 aliphatic carbocycles. The minimum Gasteiger partial charge on any atom is -0.354 e. The second-order valence-electron chi connectivity index (χ2n) is 5.23. The van der Waals surface area contributed by atoms with Crippen LogP contribution in [0.3, 0.4) is 0 Å². The smallest absolute Gasteiger partial charge is 0.226 e. The molecule has 1 fully saturated rings. The number of fused-ring (bicyclic) bond motifs is 1. The van der Waals surface area contributed by atoms with Crippen molar-refractivity contribution in [3.05, 3.63) is 6.33 Å².